The first-order valence-corrected chi connectivity index (χ1v) is 4.66. The molecule has 0 aromatic heterocycles. The fourth-order valence-corrected chi connectivity index (χ4v) is 0.802. The fraction of sp³-hybridized carbons (Fsp3) is 0.700. The Morgan fingerprint density at radius 1 is 1.31 bits per heavy atom. The number of halogens is 4. The summed E-state index contributed by atoms with van der Waals surface area (Å²) in [7, 11) is 0. The average Bonchev–Trinajstić information content (AvgIpc) is 2.09. The summed E-state index contributed by atoms with van der Waals surface area (Å²) in [4.78, 5) is 10.8. The van der Waals surface area contributed by atoms with Gasteiger partial charge in [-0.2, -0.15) is 8.78 Å². The van der Waals surface area contributed by atoms with E-state index in [4.69, 9.17) is 0 Å². The highest BCUT2D eigenvalue weighted by Gasteiger charge is 2.51. The highest BCUT2D eigenvalue weighted by Crippen LogP contribution is 2.37. The van der Waals surface area contributed by atoms with E-state index in [1.807, 2.05) is 0 Å². The van der Waals surface area contributed by atoms with Crippen LogP contribution in [0.4, 0.5) is 17.6 Å². The Labute approximate surface area is 91.3 Å². The predicted octanol–water partition coefficient (Wildman–Crippen LogP) is 3.18. The van der Waals surface area contributed by atoms with E-state index < -0.39 is 24.2 Å². The zero-order valence-corrected chi connectivity index (χ0v) is 9.16. The van der Waals surface area contributed by atoms with Crippen LogP contribution in [0.15, 0.2) is 12.2 Å². The quantitative estimate of drug-likeness (QED) is 0.309. The van der Waals surface area contributed by atoms with Gasteiger partial charge in [-0.1, -0.05) is 6.58 Å². The standard InChI is InChI=1S/C10H14F4O2/c1-7(2)8(15)16-6-4-5-10(13,14)9(3,11)12/h1,4-6H2,2-3H3. The third-order valence-corrected chi connectivity index (χ3v) is 1.86. The van der Waals surface area contributed by atoms with Crippen molar-refractivity contribution in [1.29, 1.82) is 0 Å². The molecule has 0 fully saturated rings. The van der Waals surface area contributed by atoms with E-state index in [1.165, 1.54) is 6.92 Å². The van der Waals surface area contributed by atoms with Crippen LogP contribution < -0.4 is 0 Å². The first-order valence-electron chi connectivity index (χ1n) is 4.66. The highest BCUT2D eigenvalue weighted by molar-refractivity contribution is 5.86. The smallest absolute Gasteiger partial charge is 0.333 e. The van der Waals surface area contributed by atoms with Gasteiger partial charge in [0.2, 0.25) is 0 Å². The molecule has 0 saturated carbocycles. The van der Waals surface area contributed by atoms with Crippen LogP contribution in [0.25, 0.3) is 0 Å². The molecule has 0 aromatic carbocycles. The van der Waals surface area contributed by atoms with Crippen LogP contribution in [0, 0.1) is 0 Å². The molecule has 0 aliphatic rings. The lowest BCUT2D eigenvalue weighted by Crippen LogP contribution is -2.37. The van der Waals surface area contributed by atoms with Crippen LogP contribution in [0.1, 0.15) is 26.7 Å². The van der Waals surface area contributed by atoms with Gasteiger partial charge in [-0.05, 0) is 13.3 Å². The molecule has 0 aromatic rings. The van der Waals surface area contributed by atoms with Gasteiger partial charge < -0.3 is 4.74 Å². The van der Waals surface area contributed by atoms with E-state index in [9.17, 15) is 22.4 Å². The minimum atomic E-state index is -4.08. The van der Waals surface area contributed by atoms with E-state index in [1.54, 1.807) is 0 Å². The van der Waals surface area contributed by atoms with E-state index in [0.717, 1.165) is 0 Å². The Morgan fingerprint density at radius 3 is 2.19 bits per heavy atom. The molecule has 0 aliphatic carbocycles. The molecule has 0 saturated heterocycles. The molecule has 0 unspecified atom stereocenters. The number of hydrogen-bond donors (Lipinski definition) is 0. The van der Waals surface area contributed by atoms with Gasteiger partial charge in [-0.3, -0.25) is 0 Å². The molecule has 94 valence electrons. The number of hydrogen-bond acceptors (Lipinski definition) is 2. The molecule has 0 bridgehead atoms. The SMILES string of the molecule is C=C(C)C(=O)OCCCC(F)(F)C(C)(F)F. The van der Waals surface area contributed by atoms with Gasteiger partial charge in [0, 0.05) is 18.9 Å². The van der Waals surface area contributed by atoms with Crippen molar-refractivity contribution >= 4 is 5.97 Å². The molecule has 0 rings (SSSR count). The normalized spacial score (nSPS) is 12.4. The van der Waals surface area contributed by atoms with Crippen LogP contribution in [0.3, 0.4) is 0 Å². The monoisotopic (exact) mass is 242 g/mol. The first kappa shape index (κ1) is 14.9. The maximum absolute atomic E-state index is 12.7. The summed E-state index contributed by atoms with van der Waals surface area (Å²) in [5.41, 5.74) is 0.132. The van der Waals surface area contributed by atoms with E-state index >= 15 is 0 Å². The summed E-state index contributed by atoms with van der Waals surface area (Å²) in [6.07, 6.45) is -1.35. The number of alkyl halides is 4. The van der Waals surface area contributed by atoms with Gasteiger partial charge in [-0.25, -0.2) is 13.6 Å². The molecule has 6 heteroatoms. The van der Waals surface area contributed by atoms with Gasteiger partial charge in [0.25, 0.3) is 0 Å². The Hall–Kier alpha value is -1.07. The zero-order chi connectivity index (χ0) is 13.0. The predicted molar refractivity (Wildman–Crippen MR) is 50.6 cm³/mol. The topological polar surface area (TPSA) is 26.3 Å². The summed E-state index contributed by atoms with van der Waals surface area (Å²) in [5.74, 6) is -8.86. The minimum absolute atomic E-state index is 0.132. The maximum Gasteiger partial charge on any atom is 0.333 e. The lowest BCUT2D eigenvalue weighted by atomic mass is 10.1. The molecule has 0 radical (unpaired) electrons. The second-order valence-electron chi connectivity index (χ2n) is 3.61. The van der Waals surface area contributed by atoms with E-state index in [0.29, 0.717) is 0 Å². The number of ether oxygens (including phenoxy) is 1. The second-order valence-corrected chi connectivity index (χ2v) is 3.61. The molecule has 16 heavy (non-hydrogen) atoms. The van der Waals surface area contributed by atoms with Crippen molar-refractivity contribution in [2.24, 2.45) is 0 Å². The Morgan fingerprint density at radius 2 is 1.81 bits per heavy atom. The Bertz CT molecular complexity index is 268. The van der Waals surface area contributed by atoms with Crippen LogP contribution >= 0.6 is 0 Å². The van der Waals surface area contributed by atoms with Crippen molar-refractivity contribution in [3.63, 3.8) is 0 Å². The third-order valence-electron chi connectivity index (χ3n) is 1.86. The molecule has 0 aliphatic heterocycles. The molecule has 0 amide bonds. The van der Waals surface area contributed by atoms with Crippen molar-refractivity contribution in [2.75, 3.05) is 6.61 Å². The highest BCUT2D eigenvalue weighted by atomic mass is 19.3. The molecule has 0 N–H and O–H groups in total. The van der Waals surface area contributed by atoms with Crippen LogP contribution in [-0.2, 0) is 9.53 Å². The number of rotatable bonds is 6. The maximum atomic E-state index is 12.7. The van der Waals surface area contributed by atoms with E-state index in [2.05, 4.69) is 11.3 Å². The van der Waals surface area contributed by atoms with Crippen molar-refractivity contribution < 1.29 is 27.1 Å². The second kappa shape index (κ2) is 5.32. The van der Waals surface area contributed by atoms with Crippen LogP contribution in [-0.4, -0.2) is 24.4 Å². The summed E-state index contributed by atoms with van der Waals surface area (Å²) in [6, 6.07) is 0. The van der Waals surface area contributed by atoms with E-state index in [-0.39, 0.29) is 25.5 Å². The number of esters is 1. The Balaban J connectivity index is 3.92. The van der Waals surface area contributed by atoms with Gasteiger partial charge >= 0.3 is 17.8 Å². The molecule has 2 nitrogen and oxygen atoms in total. The summed E-state index contributed by atoms with van der Waals surface area (Å²) < 4.78 is 54.6. The fourth-order valence-electron chi connectivity index (χ4n) is 0.802. The van der Waals surface area contributed by atoms with Crippen LogP contribution in [0.2, 0.25) is 0 Å². The zero-order valence-electron chi connectivity index (χ0n) is 9.16. The molecular weight excluding hydrogens is 228 g/mol. The summed E-state index contributed by atoms with van der Waals surface area (Å²) in [6.45, 7) is 4.52. The van der Waals surface area contributed by atoms with Gasteiger partial charge in [0.15, 0.2) is 0 Å². The van der Waals surface area contributed by atoms with Crippen molar-refractivity contribution in [3.05, 3.63) is 12.2 Å². The molecule has 0 spiro atoms. The largest absolute Gasteiger partial charge is 0.462 e. The Kier molecular flexibility index (Phi) is 4.96. The van der Waals surface area contributed by atoms with Gasteiger partial charge in [-0.15, -0.1) is 0 Å². The minimum Gasteiger partial charge on any atom is -0.462 e. The number of carbonyl (C=O) groups is 1. The number of carbonyl (C=O) groups excluding carboxylic acids is 1. The van der Waals surface area contributed by atoms with Gasteiger partial charge in [0.1, 0.15) is 0 Å². The van der Waals surface area contributed by atoms with Crippen LogP contribution in [0.5, 0.6) is 0 Å². The molecule has 0 heterocycles. The summed E-state index contributed by atoms with van der Waals surface area (Å²) >= 11 is 0. The van der Waals surface area contributed by atoms with Crippen molar-refractivity contribution in [3.8, 4) is 0 Å². The molecule has 0 atom stereocenters. The van der Waals surface area contributed by atoms with Crippen molar-refractivity contribution in [2.45, 2.75) is 38.5 Å². The van der Waals surface area contributed by atoms with Crippen molar-refractivity contribution in [1.82, 2.24) is 0 Å². The lowest BCUT2D eigenvalue weighted by molar-refractivity contribution is -0.202. The first-order chi connectivity index (χ1) is 7.08. The third kappa shape index (κ3) is 4.63. The average molecular weight is 242 g/mol. The lowest BCUT2D eigenvalue weighted by Gasteiger charge is -2.22. The summed E-state index contributed by atoms with van der Waals surface area (Å²) in [5, 5.41) is 0. The van der Waals surface area contributed by atoms with Gasteiger partial charge in [0.05, 0.1) is 6.61 Å². The molecular formula is C10H14F4O2.